The number of para-hydroxylation sites is 1. The molecule has 3 aromatic rings. The van der Waals surface area contributed by atoms with Gasteiger partial charge in [-0.1, -0.05) is 18.2 Å². The number of nitrogens with one attached hydrogen (secondary N) is 2. The van der Waals surface area contributed by atoms with E-state index in [1.54, 1.807) is 0 Å². The largest absolute Gasteiger partial charge is 0.378 e. The zero-order valence-electron chi connectivity index (χ0n) is 12.0. The lowest BCUT2D eigenvalue weighted by atomic mass is 10.1. The number of fused-ring (bicyclic) bond motifs is 1. The molecule has 0 saturated heterocycles. The van der Waals surface area contributed by atoms with Crippen molar-refractivity contribution in [3.8, 4) is 0 Å². The molecule has 102 valence electrons. The average Bonchev–Trinajstić information content (AvgIpc) is 2.75. The summed E-state index contributed by atoms with van der Waals surface area (Å²) in [5, 5.41) is 11.9. The van der Waals surface area contributed by atoms with E-state index >= 15 is 0 Å². The maximum absolute atomic E-state index is 4.57. The van der Waals surface area contributed by atoms with Gasteiger partial charge in [0, 0.05) is 17.6 Å². The minimum atomic E-state index is 0.769. The Morgan fingerprint density at radius 3 is 2.70 bits per heavy atom. The van der Waals surface area contributed by atoms with Crippen LogP contribution in [0.4, 0.5) is 5.69 Å². The number of H-pyrrole nitrogens is 1. The highest BCUT2D eigenvalue weighted by molar-refractivity contribution is 5.82. The monoisotopic (exact) mass is 266 g/mol. The highest BCUT2D eigenvalue weighted by atomic mass is 15.1. The number of nitrogens with zero attached hydrogens (tertiary/aromatic N) is 2. The van der Waals surface area contributed by atoms with E-state index < -0.39 is 0 Å². The van der Waals surface area contributed by atoms with Crippen LogP contribution in [0.2, 0.25) is 0 Å². The van der Waals surface area contributed by atoms with Crippen molar-refractivity contribution in [1.29, 1.82) is 0 Å². The third-order valence-corrected chi connectivity index (χ3v) is 3.51. The Morgan fingerprint density at radius 1 is 1.15 bits per heavy atom. The van der Waals surface area contributed by atoms with Crippen LogP contribution in [-0.4, -0.2) is 15.2 Å². The molecule has 0 unspecified atom stereocenters. The number of aromatic amines is 1. The number of aromatic nitrogens is 3. The zero-order chi connectivity index (χ0) is 14.1. The van der Waals surface area contributed by atoms with Crippen molar-refractivity contribution in [2.24, 2.45) is 0 Å². The lowest BCUT2D eigenvalue weighted by molar-refractivity contribution is 1.02. The van der Waals surface area contributed by atoms with Crippen molar-refractivity contribution in [3.63, 3.8) is 0 Å². The average molecular weight is 266 g/mol. The van der Waals surface area contributed by atoms with Crippen LogP contribution in [0.5, 0.6) is 0 Å². The Morgan fingerprint density at radius 2 is 1.95 bits per heavy atom. The van der Waals surface area contributed by atoms with Gasteiger partial charge in [0.25, 0.3) is 0 Å². The molecule has 0 bridgehead atoms. The molecule has 4 heteroatoms. The van der Waals surface area contributed by atoms with Gasteiger partial charge in [0.2, 0.25) is 0 Å². The van der Waals surface area contributed by atoms with Crippen molar-refractivity contribution in [2.45, 2.75) is 27.3 Å². The highest BCUT2D eigenvalue weighted by Crippen LogP contribution is 2.21. The molecule has 0 spiro atoms. The van der Waals surface area contributed by atoms with Crippen LogP contribution < -0.4 is 5.32 Å². The number of hydrogen-bond donors (Lipinski definition) is 2. The van der Waals surface area contributed by atoms with E-state index in [9.17, 15) is 0 Å². The van der Waals surface area contributed by atoms with Gasteiger partial charge in [0.15, 0.2) is 0 Å². The Balaban J connectivity index is 1.95. The highest BCUT2D eigenvalue weighted by Gasteiger charge is 2.08. The molecule has 3 rings (SSSR count). The first-order chi connectivity index (χ1) is 9.65. The summed E-state index contributed by atoms with van der Waals surface area (Å²) in [6.07, 6.45) is 0. The lowest BCUT2D eigenvalue weighted by Gasteiger charge is -2.10. The molecule has 2 aromatic heterocycles. The Bertz CT molecular complexity index is 739. The van der Waals surface area contributed by atoms with Crippen molar-refractivity contribution < 1.29 is 0 Å². The molecule has 0 amide bonds. The van der Waals surface area contributed by atoms with Crippen LogP contribution in [0.1, 0.15) is 22.6 Å². The molecule has 0 aliphatic heterocycles. The molecule has 1 aromatic carbocycles. The topological polar surface area (TPSA) is 53.6 Å². The van der Waals surface area contributed by atoms with Crippen LogP contribution in [0, 0.1) is 20.8 Å². The van der Waals surface area contributed by atoms with Gasteiger partial charge < -0.3 is 5.32 Å². The Labute approximate surface area is 118 Å². The molecule has 0 aliphatic rings. The zero-order valence-corrected chi connectivity index (χ0v) is 12.0. The second kappa shape index (κ2) is 4.96. The molecule has 4 nitrogen and oxygen atoms in total. The predicted molar refractivity (Wildman–Crippen MR) is 81.9 cm³/mol. The van der Waals surface area contributed by atoms with Crippen molar-refractivity contribution in [3.05, 3.63) is 53.0 Å². The van der Waals surface area contributed by atoms with Crippen LogP contribution >= 0.6 is 0 Å². The minimum Gasteiger partial charge on any atom is -0.378 e. The molecular weight excluding hydrogens is 248 g/mol. The summed E-state index contributed by atoms with van der Waals surface area (Å²) in [4.78, 5) is 4.57. The van der Waals surface area contributed by atoms with Gasteiger partial charge in [-0.3, -0.25) is 10.1 Å². The number of aryl methyl sites for hydroxylation is 3. The van der Waals surface area contributed by atoms with E-state index in [-0.39, 0.29) is 0 Å². The molecule has 20 heavy (non-hydrogen) atoms. The molecule has 2 N–H and O–H groups in total. The van der Waals surface area contributed by atoms with E-state index in [0.29, 0.717) is 0 Å². The summed E-state index contributed by atoms with van der Waals surface area (Å²) in [7, 11) is 0. The van der Waals surface area contributed by atoms with Crippen molar-refractivity contribution in [2.75, 3.05) is 5.32 Å². The van der Waals surface area contributed by atoms with Crippen molar-refractivity contribution >= 4 is 16.6 Å². The van der Waals surface area contributed by atoms with Crippen LogP contribution in [0.3, 0.4) is 0 Å². The quantitative estimate of drug-likeness (QED) is 0.763. The first kappa shape index (κ1) is 12.7. The number of benzene rings is 1. The van der Waals surface area contributed by atoms with Gasteiger partial charge in [-0.05, 0) is 38.5 Å². The van der Waals surface area contributed by atoms with E-state index in [1.165, 1.54) is 10.9 Å². The Hall–Kier alpha value is -2.36. The maximum atomic E-state index is 4.57. The SMILES string of the molecule is Cc1cc(CNc2c(C)n[nH]c2C)c2ccccc2n1. The fourth-order valence-corrected chi connectivity index (χ4v) is 2.54. The summed E-state index contributed by atoms with van der Waals surface area (Å²) >= 11 is 0. The summed E-state index contributed by atoms with van der Waals surface area (Å²) < 4.78 is 0. The van der Waals surface area contributed by atoms with Gasteiger partial charge in [-0.25, -0.2) is 0 Å². The number of hydrogen-bond acceptors (Lipinski definition) is 3. The normalized spacial score (nSPS) is 10.9. The molecule has 0 radical (unpaired) electrons. The van der Waals surface area contributed by atoms with Gasteiger partial charge in [0.05, 0.1) is 22.6 Å². The summed E-state index contributed by atoms with van der Waals surface area (Å²) in [6, 6.07) is 10.4. The fourth-order valence-electron chi connectivity index (χ4n) is 2.54. The second-order valence-electron chi connectivity index (χ2n) is 5.10. The maximum Gasteiger partial charge on any atom is 0.0825 e. The van der Waals surface area contributed by atoms with E-state index in [4.69, 9.17) is 0 Å². The second-order valence-corrected chi connectivity index (χ2v) is 5.10. The van der Waals surface area contributed by atoms with Crippen LogP contribution in [0.25, 0.3) is 10.9 Å². The van der Waals surface area contributed by atoms with Crippen LogP contribution in [-0.2, 0) is 6.54 Å². The minimum absolute atomic E-state index is 0.769. The summed E-state index contributed by atoms with van der Waals surface area (Å²) in [5.41, 5.74) is 6.50. The summed E-state index contributed by atoms with van der Waals surface area (Å²) in [5.74, 6) is 0. The van der Waals surface area contributed by atoms with Gasteiger partial charge in [-0.2, -0.15) is 5.10 Å². The van der Waals surface area contributed by atoms with E-state index in [1.807, 2.05) is 26.8 Å². The van der Waals surface area contributed by atoms with E-state index in [0.717, 1.165) is 34.8 Å². The lowest BCUT2D eigenvalue weighted by Crippen LogP contribution is -2.03. The van der Waals surface area contributed by atoms with Gasteiger partial charge in [0.1, 0.15) is 0 Å². The molecule has 0 fully saturated rings. The smallest absolute Gasteiger partial charge is 0.0825 e. The number of rotatable bonds is 3. The molecular formula is C16H18N4. The van der Waals surface area contributed by atoms with E-state index in [2.05, 4.69) is 44.8 Å². The van der Waals surface area contributed by atoms with Gasteiger partial charge >= 0.3 is 0 Å². The predicted octanol–water partition coefficient (Wildman–Crippen LogP) is 3.50. The first-order valence-electron chi connectivity index (χ1n) is 6.76. The molecule has 0 atom stereocenters. The number of pyridine rings is 1. The standard InChI is InChI=1S/C16H18N4/c1-10-8-13(14-6-4-5-7-15(14)18-10)9-17-16-11(2)19-20-12(16)3/h4-8,17H,9H2,1-3H3,(H,19,20). The molecule has 0 aliphatic carbocycles. The molecule has 0 saturated carbocycles. The van der Waals surface area contributed by atoms with Crippen LogP contribution in [0.15, 0.2) is 30.3 Å². The fraction of sp³-hybridized carbons (Fsp3) is 0.250. The Kier molecular flexibility index (Phi) is 3.14. The first-order valence-corrected chi connectivity index (χ1v) is 6.76. The van der Waals surface area contributed by atoms with Crippen molar-refractivity contribution in [1.82, 2.24) is 15.2 Å². The third-order valence-electron chi connectivity index (χ3n) is 3.51. The number of anilines is 1. The summed E-state index contributed by atoms with van der Waals surface area (Å²) in [6.45, 7) is 6.83. The third kappa shape index (κ3) is 2.25. The van der Waals surface area contributed by atoms with Gasteiger partial charge in [-0.15, -0.1) is 0 Å². The molecule has 2 heterocycles.